The number of nitrogens with one attached hydrogen (secondary N) is 1. The highest BCUT2D eigenvalue weighted by Crippen LogP contribution is 2.38. The molecule has 0 unspecified atom stereocenters. The number of hydrogen-bond acceptors (Lipinski definition) is 5. The summed E-state index contributed by atoms with van der Waals surface area (Å²) < 4.78 is 21.6. The maximum atomic E-state index is 12.0. The lowest BCUT2D eigenvalue weighted by molar-refractivity contribution is -0.116. The number of methoxy groups -OCH3 is 3. The van der Waals surface area contributed by atoms with Gasteiger partial charge in [-0.2, -0.15) is 0 Å². The number of aryl methyl sites for hydroxylation is 2. The highest BCUT2D eigenvalue weighted by atomic mass is 16.5. The van der Waals surface area contributed by atoms with Gasteiger partial charge in [0.05, 0.1) is 27.9 Å². The Kier molecular flexibility index (Phi) is 7.75. The van der Waals surface area contributed by atoms with Crippen LogP contribution in [0.5, 0.6) is 23.0 Å². The molecule has 6 heteroatoms. The van der Waals surface area contributed by atoms with Gasteiger partial charge in [0, 0.05) is 6.08 Å². The van der Waals surface area contributed by atoms with Gasteiger partial charge in [0.1, 0.15) is 12.4 Å². The lowest BCUT2D eigenvalue weighted by atomic mass is 10.1. The molecule has 0 aliphatic rings. The third kappa shape index (κ3) is 5.94. The molecule has 0 saturated carbocycles. The molecule has 2 rings (SSSR count). The molecule has 0 atom stereocenters. The predicted molar refractivity (Wildman–Crippen MR) is 110 cm³/mol. The SMILES string of the molecule is COc1cc(/C=C/C(=O)NCCOc2cc(C)cc(C)c2)cc(OC)c1OC. The molecule has 1 N–H and O–H groups in total. The van der Waals surface area contributed by atoms with Gasteiger partial charge in [-0.25, -0.2) is 0 Å². The first-order chi connectivity index (χ1) is 13.5. The van der Waals surface area contributed by atoms with Crippen molar-refractivity contribution in [2.45, 2.75) is 13.8 Å². The number of hydrogen-bond donors (Lipinski definition) is 1. The molecule has 0 saturated heterocycles. The molecule has 0 aliphatic heterocycles. The van der Waals surface area contributed by atoms with Gasteiger partial charge in [-0.1, -0.05) is 6.07 Å². The molecule has 6 nitrogen and oxygen atoms in total. The Labute approximate surface area is 166 Å². The molecule has 0 spiro atoms. The Morgan fingerprint density at radius 2 is 1.54 bits per heavy atom. The molecule has 0 heterocycles. The van der Waals surface area contributed by atoms with Crippen LogP contribution in [0, 0.1) is 13.8 Å². The summed E-state index contributed by atoms with van der Waals surface area (Å²) in [6, 6.07) is 9.57. The summed E-state index contributed by atoms with van der Waals surface area (Å²) in [4.78, 5) is 12.0. The highest BCUT2D eigenvalue weighted by molar-refractivity contribution is 5.91. The van der Waals surface area contributed by atoms with E-state index in [2.05, 4.69) is 11.4 Å². The van der Waals surface area contributed by atoms with Gasteiger partial charge < -0.3 is 24.3 Å². The van der Waals surface area contributed by atoms with Gasteiger partial charge in [-0.05, 0) is 60.9 Å². The molecule has 0 fully saturated rings. The van der Waals surface area contributed by atoms with Crippen molar-refractivity contribution >= 4 is 12.0 Å². The number of amides is 1. The first-order valence-corrected chi connectivity index (χ1v) is 8.94. The van der Waals surface area contributed by atoms with E-state index in [0.717, 1.165) is 22.4 Å². The van der Waals surface area contributed by atoms with E-state index in [9.17, 15) is 4.79 Å². The van der Waals surface area contributed by atoms with Crippen molar-refractivity contribution in [3.05, 3.63) is 53.1 Å². The fraction of sp³-hybridized carbons (Fsp3) is 0.318. The Hall–Kier alpha value is -3.15. The summed E-state index contributed by atoms with van der Waals surface area (Å²) in [5.41, 5.74) is 3.05. The van der Waals surface area contributed by atoms with Crippen LogP contribution >= 0.6 is 0 Å². The molecule has 28 heavy (non-hydrogen) atoms. The topological polar surface area (TPSA) is 66.0 Å². The van der Waals surface area contributed by atoms with Crippen LogP contribution in [0.25, 0.3) is 6.08 Å². The molecule has 0 aromatic heterocycles. The third-order valence-electron chi connectivity index (χ3n) is 3.98. The first-order valence-electron chi connectivity index (χ1n) is 8.94. The molecule has 0 aliphatic carbocycles. The molecule has 0 radical (unpaired) electrons. The molecular weight excluding hydrogens is 358 g/mol. The number of rotatable bonds is 9. The largest absolute Gasteiger partial charge is 0.493 e. The third-order valence-corrected chi connectivity index (χ3v) is 3.98. The minimum atomic E-state index is -0.210. The highest BCUT2D eigenvalue weighted by Gasteiger charge is 2.12. The van der Waals surface area contributed by atoms with Crippen molar-refractivity contribution in [1.29, 1.82) is 0 Å². The fourth-order valence-electron chi connectivity index (χ4n) is 2.79. The van der Waals surface area contributed by atoms with E-state index in [1.165, 1.54) is 6.08 Å². The van der Waals surface area contributed by atoms with Crippen LogP contribution in [-0.4, -0.2) is 40.4 Å². The van der Waals surface area contributed by atoms with Gasteiger partial charge in [-0.3, -0.25) is 4.79 Å². The van der Waals surface area contributed by atoms with E-state index in [4.69, 9.17) is 18.9 Å². The first kappa shape index (κ1) is 21.2. The second-order valence-electron chi connectivity index (χ2n) is 6.25. The van der Waals surface area contributed by atoms with Gasteiger partial charge >= 0.3 is 0 Å². The minimum absolute atomic E-state index is 0.210. The van der Waals surface area contributed by atoms with Crippen molar-refractivity contribution in [3.63, 3.8) is 0 Å². The van der Waals surface area contributed by atoms with Crippen LogP contribution in [0.3, 0.4) is 0 Å². The van der Waals surface area contributed by atoms with Crippen LogP contribution in [0.1, 0.15) is 16.7 Å². The van der Waals surface area contributed by atoms with Gasteiger partial charge in [0.25, 0.3) is 0 Å². The summed E-state index contributed by atoms with van der Waals surface area (Å²) in [5, 5.41) is 2.79. The van der Waals surface area contributed by atoms with E-state index in [1.54, 1.807) is 39.5 Å². The Morgan fingerprint density at radius 3 is 2.07 bits per heavy atom. The van der Waals surface area contributed by atoms with Gasteiger partial charge in [0.2, 0.25) is 11.7 Å². The van der Waals surface area contributed by atoms with Crippen molar-refractivity contribution < 1.29 is 23.7 Å². The summed E-state index contributed by atoms with van der Waals surface area (Å²) >= 11 is 0. The second-order valence-corrected chi connectivity index (χ2v) is 6.25. The molecule has 0 bridgehead atoms. The van der Waals surface area contributed by atoms with Crippen LogP contribution < -0.4 is 24.3 Å². The molecule has 150 valence electrons. The van der Waals surface area contributed by atoms with Gasteiger partial charge in [0.15, 0.2) is 11.5 Å². The van der Waals surface area contributed by atoms with Gasteiger partial charge in [-0.15, -0.1) is 0 Å². The predicted octanol–water partition coefficient (Wildman–Crippen LogP) is 3.54. The molecular formula is C22H27NO5. The zero-order chi connectivity index (χ0) is 20.5. The van der Waals surface area contributed by atoms with E-state index in [-0.39, 0.29) is 5.91 Å². The Balaban J connectivity index is 1.89. The van der Waals surface area contributed by atoms with E-state index < -0.39 is 0 Å². The summed E-state index contributed by atoms with van der Waals surface area (Å²) in [6.07, 6.45) is 3.14. The second kappa shape index (κ2) is 10.3. The smallest absolute Gasteiger partial charge is 0.244 e. The fourth-order valence-corrected chi connectivity index (χ4v) is 2.79. The summed E-state index contributed by atoms with van der Waals surface area (Å²) in [5.74, 6) is 2.17. The standard InChI is InChI=1S/C22H27NO5/c1-15-10-16(2)12-18(11-15)28-9-8-23-21(24)7-6-17-13-19(25-3)22(27-5)20(14-17)26-4/h6-7,10-14H,8-9H2,1-5H3,(H,23,24)/b7-6+. The average Bonchev–Trinajstić information content (AvgIpc) is 2.68. The average molecular weight is 385 g/mol. The van der Waals surface area contributed by atoms with E-state index in [1.807, 2.05) is 26.0 Å². The van der Waals surface area contributed by atoms with Crippen LogP contribution in [0.2, 0.25) is 0 Å². The van der Waals surface area contributed by atoms with Crippen molar-refractivity contribution in [2.75, 3.05) is 34.5 Å². The van der Waals surface area contributed by atoms with Crippen molar-refractivity contribution in [3.8, 4) is 23.0 Å². The monoisotopic (exact) mass is 385 g/mol. The number of carbonyl (C=O) groups is 1. The molecule has 2 aromatic rings. The summed E-state index contributed by atoms with van der Waals surface area (Å²) in [6.45, 7) is 4.85. The van der Waals surface area contributed by atoms with Crippen molar-refractivity contribution in [1.82, 2.24) is 5.32 Å². The Bertz CT molecular complexity index is 800. The van der Waals surface area contributed by atoms with Crippen LogP contribution in [0.4, 0.5) is 0 Å². The minimum Gasteiger partial charge on any atom is -0.493 e. The van der Waals surface area contributed by atoms with Crippen molar-refractivity contribution in [2.24, 2.45) is 0 Å². The molecule has 2 aromatic carbocycles. The number of ether oxygens (including phenoxy) is 4. The maximum Gasteiger partial charge on any atom is 0.244 e. The van der Waals surface area contributed by atoms with Crippen LogP contribution in [0.15, 0.2) is 36.4 Å². The van der Waals surface area contributed by atoms with E-state index in [0.29, 0.717) is 30.4 Å². The molecule has 1 amide bonds. The Morgan fingerprint density at radius 1 is 0.929 bits per heavy atom. The van der Waals surface area contributed by atoms with Crippen LogP contribution in [-0.2, 0) is 4.79 Å². The zero-order valence-corrected chi connectivity index (χ0v) is 17.0. The normalized spacial score (nSPS) is 10.6. The quantitative estimate of drug-likeness (QED) is 0.528. The zero-order valence-electron chi connectivity index (χ0n) is 17.0. The number of carbonyl (C=O) groups excluding carboxylic acids is 1. The number of benzene rings is 2. The lowest BCUT2D eigenvalue weighted by Crippen LogP contribution is -2.26. The summed E-state index contributed by atoms with van der Waals surface area (Å²) in [7, 11) is 4.64. The lowest BCUT2D eigenvalue weighted by Gasteiger charge is -2.12. The van der Waals surface area contributed by atoms with E-state index >= 15 is 0 Å². The maximum absolute atomic E-state index is 12.0.